The Bertz CT molecular complexity index is 1260. The molecule has 1 saturated carbocycles. The van der Waals surface area contributed by atoms with Crippen molar-refractivity contribution in [3.63, 3.8) is 0 Å². The Morgan fingerprint density at radius 3 is 2.67 bits per heavy atom. The van der Waals surface area contributed by atoms with Gasteiger partial charge in [0.25, 0.3) is 0 Å². The summed E-state index contributed by atoms with van der Waals surface area (Å²) >= 11 is 6.26. The molecule has 0 amide bonds. The van der Waals surface area contributed by atoms with E-state index in [1.165, 1.54) is 18.3 Å². The number of carbonyl (C=O) groups is 1. The Morgan fingerprint density at radius 1 is 1.28 bits per heavy atom. The van der Waals surface area contributed by atoms with Crippen LogP contribution in [0.5, 0.6) is 0 Å². The Morgan fingerprint density at radius 2 is 2.03 bits per heavy atom. The number of hydrogen-bond acceptors (Lipinski definition) is 8. The molecule has 0 spiro atoms. The number of nitrogens with one attached hydrogen (secondary N) is 1. The Balaban J connectivity index is 1.73. The number of carboxylic acids is 1. The molecule has 1 saturated heterocycles. The minimum absolute atomic E-state index is 0.0738. The van der Waals surface area contributed by atoms with Crippen LogP contribution in [0.2, 0.25) is 5.02 Å². The van der Waals surface area contributed by atoms with Crippen molar-refractivity contribution >= 4 is 50.0 Å². The minimum Gasteiger partial charge on any atom is -0.480 e. The maximum atomic E-state index is 13.9. The van der Waals surface area contributed by atoms with E-state index in [-0.39, 0.29) is 23.3 Å². The molecule has 13 heteroatoms. The van der Waals surface area contributed by atoms with Crippen molar-refractivity contribution < 1.29 is 27.8 Å². The van der Waals surface area contributed by atoms with Crippen molar-refractivity contribution in [2.45, 2.75) is 67.0 Å². The summed E-state index contributed by atoms with van der Waals surface area (Å²) in [6.07, 6.45) is 5.28. The van der Waals surface area contributed by atoms with Crippen LogP contribution >= 0.6 is 11.6 Å². The van der Waals surface area contributed by atoms with Crippen LogP contribution in [-0.4, -0.2) is 60.9 Å². The highest BCUT2D eigenvalue weighted by Gasteiger charge is 2.45. The number of carboxylic acid groups (broad SMARTS) is 1. The van der Waals surface area contributed by atoms with Crippen LogP contribution in [0, 0.1) is 0 Å². The van der Waals surface area contributed by atoms with Crippen LogP contribution in [0.15, 0.2) is 34.3 Å². The number of nitrogens with zero attached hydrogens (tertiary/aromatic N) is 2. The van der Waals surface area contributed by atoms with Gasteiger partial charge in [0.1, 0.15) is 10.9 Å². The minimum atomic E-state index is -4.15. The highest BCUT2D eigenvalue weighted by molar-refractivity contribution is 7.92. The van der Waals surface area contributed by atoms with Gasteiger partial charge in [-0.15, -0.1) is 0 Å². The molecule has 1 aromatic carbocycles. The van der Waals surface area contributed by atoms with Crippen molar-refractivity contribution in [2.75, 3.05) is 13.2 Å². The van der Waals surface area contributed by atoms with Crippen LogP contribution in [0.3, 0.4) is 0 Å². The first kappa shape index (κ1) is 26.6. The molecule has 2 unspecified atom stereocenters. The summed E-state index contributed by atoms with van der Waals surface area (Å²) in [4.78, 5) is 20.2. The Hall–Kier alpha value is -2.51. The average Bonchev–Trinajstić information content (AvgIpc) is 3.34. The van der Waals surface area contributed by atoms with Gasteiger partial charge in [0.15, 0.2) is 27.9 Å². The van der Waals surface area contributed by atoms with Crippen LogP contribution < -0.4 is 16.8 Å². The van der Waals surface area contributed by atoms with E-state index in [4.69, 9.17) is 32.5 Å². The van der Waals surface area contributed by atoms with Gasteiger partial charge in [0, 0.05) is 23.6 Å². The van der Waals surface area contributed by atoms with E-state index in [1.54, 1.807) is 6.07 Å². The first-order chi connectivity index (χ1) is 17.1. The molecule has 1 aromatic heterocycles. The number of fused-ring (bicyclic) bond motifs is 1. The summed E-state index contributed by atoms with van der Waals surface area (Å²) in [6, 6.07) is 4.35. The number of benzene rings is 1. The van der Waals surface area contributed by atoms with E-state index in [2.05, 4.69) is 15.3 Å². The van der Waals surface area contributed by atoms with E-state index < -0.39 is 33.0 Å². The van der Waals surface area contributed by atoms with E-state index in [9.17, 15) is 18.3 Å². The zero-order valence-corrected chi connectivity index (χ0v) is 21.2. The highest BCUT2D eigenvalue weighted by Crippen LogP contribution is 2.34. The van der Waals surface area contributed by atoms with Gasteiger partial charge in [0.05, 0.1) is 16.5 Å². The van der Waals surface area contributed by atoms with Gasteiger partial charge in [-0.1, -0.05) is 30.5 Å². The van der Waals surface area contributed by atoms with Gasteiger partial charge in [-0.3, -0.25) is 10.1 Å². The van der Waals surface area contributed by atoms with Gasteiger partial charge in [0.2, 0.25) is 0 Å². The molecule has 2 heterocycles. The fourth-order valence-electron chi connectivity index (χ4n) is 4.68. The number of hydrogen-bond donors (Lipinski definition) is 4. The van der Waals surface area contributed by atoms with Gasteiger partial charge in [-0.2, -0.15) is 4.99 Å². The molecule has 2 fully saturated rings. The summed E-state index contributed by atoms with van der Waals surface area (Å²) < 4.78 is 39.2. The number of nitrogens with two attached hydrogens (primary N) is 2. The Labute approximate surface area is 214 Å². The molecule has 2 atom stereocenters. The number of aliphatic carboxylic acids is 1. The number of aliphatic imine (C=N–C) groups is 1. The van der Waals surface area contributed by atoms with Crippen molar-refractivity contribution in [3.8, 4) is 0 Å². The molecular weight excluding hydrogens is 510 g/mol. The number of ether oxygens (including phenoxy) is 2. The standard InChI is InChI=1S/C23H30ClN5O6S/c24-17-12-27-20(28-22(25)26)16-11-14(6-7-15(16)17)36(32,33)18(13-35-19-5-1-4-10-34-19)29-23(21(30)31)8-2-3-9-23/h6-7,11-12,18-19,29H,1-5,8-10,13H2,(H,30,31)(H4,25,26,27,28). The maximum Gasteiger partial charge on any atom is 0.323 e. The Kier molecular flexibility index (Phi) is 8.00. The molecule has 1 aliphatic heterocycles. The zero-order valence-electron chi connectivity index (χ0n) is 19.7. The molecule has 1 aliphatic carbocycles. The number of aromatic nitrogens is 1. The van der Waals surface area contributed by atoms with Crippen LogP contribution in [0.1, 0.15) is 44.9 Å². The fourth-order valence-corrected chi connectivity index (χ4v) is 6.40. The summed E-state index contributed by atoms with van der Waals surface area (Å²) in [5, 5.41) is 12.7. The number of halogens is 1. The first-order valence-corrected chi connectivity index (χ1v) is 13.7. The monoisotopic (exact) mass is 539 g/mol. The van der Waals surface area contributed by atoms with Crippen molar-refractivity contribution in [1.29, 1.82) is 0 Å². The van der Waals surface area contributed by atoms with Gasteiger partial charge >= 0.3 is 5.97 Å². The summed E-state index contributed by atoms with van der Waals surface area (Å²) in [7, 11) is -4.15. The largest absolute Gasteiger partial charge is 0.480 e. The second-order valence-corrected chi connectivity index (χ2v) is 11.6. The molecule has 6 N–H and O–H groups in total. The molecule has 196 valence electrons. The quantitative estimate of drug-likeness (QED) is 0.273. The van der Waals surface area contributed by atoms with Crippen molar-refractivity contribution in [1.82, 2.24) is 10.3 Å². The predicted octanol–water partition coefficient (Wildman–Crippen LogP) is 2.42. The third-order valence-electron chi connectivity index (χ3n) is 6.60. The highest BCUT2D eigenvalue weighted by atomic mass is 35.5. The van der Waals surface area contributed by atoms with Crippen LogP contribution in [-0.2, 0) is 24.1 Å². The van der Waals surface area contributed by atoms with Crippen LogP contribution in [0.25, 0.3) is 10.8 Å². The molecule has 0 bridgehead atoms. The third kappa shape index (κ3) is 5.57. The predicted molar refractivity (Wildman–Crippen MR) is 135 cm³/mol. The topological polar surface area (TPSA) is 179 Å². The second kappa shape index (κ2) is 10.9. The van der Waals surface area contributed by atoms with E-state index in [1.807, 2.05) is 0 Å². The zero-order chi connectivity index (χ0) is 25.9. The molecule has 2 aromatic rings. The van der Waals surface area contributed by atoms with Gasteiger partial charge < -0.3 is 26.0 Å². The normalized spacial score (nSPS) is 20.8. The summed E-state index contributed by atoms with van der Waals surface area (Å²) in [5.41, 5.74) is 9.66. The lowest BCUT2D eigenvalue weighted by Crippen LogP contribution is -2.58. The lowest BCUT2D eigenvalue weighted by atomic mass is 9.98. The number of guanidine groups is 1. The lowest BCUT2D eigenvalue weighted by molar-refractivity contribution is -0.164. The lowest BCUT2D eigenvalue weighted by Gasteiger charge is -2.32. The molecule has 36 heavy (non-hydrogen) atoms. The van der Waals surface area contributed by atoms with E-state index in [0.717, 1.165) is 12.8 Å². The second-order valence-electron chi connectivity index (χ2n) is 9.08. The average molecular weight is 540 g/mol. The number of pyridine rings is 1. The summed E-state index contributed by atoms with van der Waals surface area (Å²) in [5.74, 6) is -1.22. The molecular formula is C23H30ClN5O6S. The van der Waals surface area contributed by atoms with E-state index >= 15 is 0 Å². The summed E-state index contributed by atoms with van der Waals surface area (Å²) in [6.45, 7) is 0.245. The van der Waals surface area contributed by atoms with Crippen molar-refractivity contribution in [2.24, 2.45) is 16.5 Å². The van der Waals surface area contributed by atoms with E-state index in [0.29, 0.717) is 54.5 Å². The van der Waals surface area contributed by atoms with Crippen LogP contribution in [0.4, 0.5) is 5.82 Å². The smallest absolute Gasteiger partial charge is 0.323 e. The fraction of sp³-hybridized carbons (Fsp3) is 0.522. The third-order valence-corrected chi connectivity index (χ3v) is 8.82. The molecule has 2 aliphatic rings. The van der Waals surface area contributed by atoms with Gasteiger partial charge in [-0.05, 0) is 44.2 Å². The molecule has 0 radical (unpaired) electrons. The number of rotatable bonds is 9. The maximum absolute atomic E-state index is 13.9. The van der Waals surface area contributed by atoms with Gasteiger partial charge in [-0.25, -0.2) is 13.4 Å². The molecule has 4 rings (SSSR count). The molecule has 11 nitrogen and oxygen atoms in total. The number of sulfone groups is 1. The SMILES string of the molecule is NC(N)=Nc1ncc(Cl)c2ccc(S(=O)(=O)C(COC3CCCCO3)NC3(C(=O)O)CCCC3)cc12. The first-order valence-electron chi connectivity index (χ1n) is 11.8. The van der Waals surface area contributed by atoms with Crippen molar-refractivity contribution in [3.05, 3.63) is 29.4 Å².